The van der Waals surface area contributed by atoms with Crippen LogP contribution in [0.3, 0.4) is 0 Å². The number of carbonyl (C=O) groups is 1. The van der Waals surface area contributed by atoms with Gasteiger partial charge < -0.3 is 4.90 Å². The van der Waals surface area contributed by atoms with E-state index in [9.17, 15) is 13.2 Å². The SMILES string of the molecule is CS(=O)(=O)N1CCN(C(=O)Cc2ccc(-c3ccccc3)cc2)CC1. The standard InChI is InChI=1S/C19H22N2O3S/c1-25(23,24)21-13-11-20(12-14-21)19(22)15-16-7-9-18(10-8-16)17-5-3-2-4-6-17/h2-10H,11-15H2,1H3. The molecule has 6 heteroatoms. The first-order chi connectivity index (χ1) is 11.9. The molecule has 0 atom stereocenters. The number of rotatable bonds is 4. The van der Waals surface area contributed by atoms with Crippen molar-refractivity contribution in [2.24, 2.45) is 0 Å². The largest absolute Gasteiger partial charge is 0.340 e. The lowest BCUT2D eigenvalue weighted by Crippen LogP contribution is -2.50. The summed E-state index contributed by atoms with van der Waals surface area (Å²) in [5.74, 6) is 0.0422. The van der Waals surface area contributed by atoms with E-state index in [4.69, 9.17) is 0 Å². The molecule has 5 nitrogen and oxygen atoms in total. The summed E-state index contributed by atoms with van der Waals surface area (Å²) in [7, 11) is -3.17. The fraction of sp³-hybridized carbons (Fsp3) is 0.316. The molecule has 0 N–H and O–H groups in total. The van der Waals surface area contributed by atoms with Crippen LogP contribution in [0.2, 0.25) is 0 Å². The zero-order chi connectivity index (χ0) is 17.9. The molecule has 0 unspecified atom stereocenters. The zero-order valence-corrected chi connectivity index (χ0v) is 15.1. The predicted octanol–water partition coefficient (Wildman–Crippen LogP) is 2.00. The van der Waals surface area contributed by atoms with Gasteiger partial charge in [-0.3, -0.25) is 4.79 Å². The second-order valence-electron chi connectivity index (χ2n) is 6.28. The first-order valence-electron chi connectivity index (χ1n) is 8.31. The number of piperazine rings is 1. The minimum atomic E-state index is -3.17. The van der Waals surface area contributed by atoms with Gasteiger partial charge in [0.2, 0.25) is 15.9 Å². The Morgan fingerprint density at radius 2 is 1.44 bits per heavy atom. The number of benzene rings is 2. The summed E-state index contributed by atoms with van der Waals surface area (Å²) in [5.41, 5.74) is 3.24. The molecule has 1 amide bonds. The van der Waals surface area contributed by atoms with Gasteiger partial charge >= 0.3 is 0 Å². The highest BCUT2D eigenvalue weighted by Gasteiger charge is 2.25. The van der Waals surface area contributed by atoms with E-state index >= 15 is 0 Å². The van der Waals surface area contributed by atoms with Gasteiger partial charge in [0.25, 0.3) is 0 Å². The number of amides is 1. The molecule has 0 spiro atoms. The molecule has 3 rings (SSSR count). The van der Waals surface area contributed by atoms with Crippen molar-refractivity contribution in [3.05, 3.63) is 60.2 Å². The average Bonchev–Trinajstić information content (AvgIpc) is 2.62. The van der Waals surface area contributed by atoms with Crippen LogP contribution in [-0.2, 0) is 21.2 Å². The Morgan fingerprint density at radius 3 is 2.00 bits per heavy atom. The highest BCUT2D eigenvalue weighted by atomic mass is 32.2. The van der Waals surface area contributed by atoms with Crippen LogP contribution in [0.1, 0.15) is 5.56 Å². The molecule has 132 valence electrons. The molecule has 1 saturated heterocycles. The molecule has 0 radical (unpaired) electrons. The van der Waals surface area contributed by atoms with E-state index in [1.165, 1.54) is 10.6 Å². The second kappa shape index (κ2) is 7.37. The fourth-order valence-corrected chi connectivity index (χ4v) is 3.83. The molecule has 1 heterocycles. The van der Waals surface area contributed by atoms with Gasteiger partial charge in [0, 0.05) is 26.2 Å². The number of hydrogen-bond donors (Lipinski definition) is 0. The van der Waals surface area contributed by atoms with Crippen LogP contribution in [0.4, 0.5) is 0 Å². The number of sulfonamides is 1. The molecule has 1 aliphatic heterocycles. The molecule has 2 aromatic rings. The fourth-order valence-electron chi connectivity index (χ4n) is 3.00. The summed E-state index contributed by atoms with van der Waals surface area (Å²) in [6.07, 6.45) is 1.55. The van der Waals surface area contributed by atoms with Crippen molar-refractivity contribution >= 4 is 15.9 Å². The molecular weight excluding hydrogens is 336 g/mol. The van der Waals surface area contributed by atoms with Crippen LogP contribution in [0.15, 0.2) is 54.6 Å². The van der Waals surface area contributed by atoms with E-state index in [2.05, 4.69) is 12.1 Å². The summed E-state index contributed by atoms with van der Waals surface area (Å²) in [4.78, 5) is 14.2. The van der Waals surface area contributed by atoms with Crippen molar-refractivity contribution in [1.82, 2.24) is 9.21 Å². The Balaban J connectivity index is 1.59. The maximum Gasteiger partial charge on any atom is 0.227 e. The van der Waals surface area contributed by atoms with E-state index in [1.807, 2.05) is 42.5 Å². The van der Waals surface area contributed by atoms with Crippen molar-refractivity contribution in [3.8, 4) is 11.1 Å². The quantitative estimate of drug-likeness (QED) is 0.840. The third kappa shape index (κ3) is 4.46. The molecule has 0 aliphatic carbocycles. The second-order valence-corrected chi connectivity index (χ2v) is 8.26. The minimum Gasteiger partial charge on any atom is -0.340 e. The van der Waals surface area contributed by atoms with Crippen molar-refractivity contribution in [1.29, 1.82) is 0 Å². The van der Waals surface area contributed by atoms with Gasteiger partial charge in [-0.05, 0) is 16.7 Å². The Hall–Kier alpha value is -2.18. The normalized spacial score (nSPS) is 16.0. The van der Waals surface area contributed by atoms with Crippen LogP contribution in [0.25, 0.3) is 11.1 Å². The Labute approximate surface area is 148 Å². The van der Waals surface area contributed by atoms with Gasteiger partial charge in [0.05, 0.1) is 12.7 Å². The van der Waals surface area contributed by atoms with Gasteiger partial charge in [-0.15, -0.1) is 0 Å². The Kier molecular flexibility index (Phi) is 5.20. The third-order valence-corrected chi connectivity index (χ3v) is 5.78. The summed E-state index contributed by atoms with van der Waals surface area (Å²) in [5, 5.41) is 0. The number of hydrogen-bond acceptors (Lipinski definition) is 3. The highest BCUT2D eigenvalue weighted by molar-refractivity contribution is 7.88. The van der Waals surface area contributed by atoms with Crippen LogP contribution in [0.5, 0.6) is 0 Å². The molecule has 0 bridgehead atoms. The van der Waals surface area contributed by atoms with Crippen LogP contribution in [0, 0.1) is 0 Å². The number of carbonyl (C=O) groups excluding carboxylic acids is 1. The summed E-state index contributed by atoms with van der Waals surface area (Å²) < 4.78 is 24.5. The van der Waals surface area contributed by atoms with Gasteiger partial charge in [-0.25, -0.2) is 8.42 Å². The molecule has 0 aromatic heterocycles. The summed E-state index contributed by atoms with van der Waals surface area (Å²) in [6, 6.07) is 18.1. The molecule has 1 fully saturated rings. The van der Waals surface area contributed by atoms with Gasteiger partial charge in [0.1, 0.15) is 0 Å². The first kappa shape index (κ1) is 17.6. The van der Waals surface area contributed by atoms with Crippen molar-refractivity contribution in [2.75, 3.05) is 32.4 Å². The van der Waals surface area contributed by atoms with Crippen molar-refractivity contribution in [3.63, 3.8) is 0 Å². The van der Waals surface area contributed by atoms with Gasteiger partial charge in [-0.1, -0.05) is 54.6 Å². The van der Waals surface area contributed by atoms with Gasteiger partial charge in [0.15, 0.2) is 0 Å². The lowest BCUT2D eigenvalue weighted by atomic mass is 10.0. The van der Waals surface area contributed by atoms with Crippen molar-refractivity contribution in [2.45, 2.75) is 6.42 Å². The highest BCUT2D eigenvalue weighted by Crippen LogP contribution is 2.19. The third-order valence-electron chi connectivity index (χ3n) is 4.48. The van der Waals surface area contributed by atoms with Crippen LogP contribution < -0.4 is 0 Å². The Bertz CT molecular complexity index is 825. The lowest BCUT2D eigenvalue weighted by molar-refractivity contribution is -0.131. The summed E-state index contributed by atoms with van der Waals surface area (Å²) >= 11 is 0. The first-order valence-corrected chi connectivity index (χ1v) is 10.2. The molecule has 0 saturated carbocycles. The Morgan fingerprint density at radius 1 is 0.880 bits per heavy atom. The lowest BCUT2D eigenvalue weighted by Gasteiger charge is -2.33. The van der Waals surface area contributed by atoms with E-state index in [0.717, 1.165) is 16.7 Å². The molecule has 1 aliphatic rings. The van der Waals surface area contributed by atoms with E-state index in [0.29, 0.717) is 32.6 Å². The monoisotopic (exact) mass is 358 g/mol. The number of nitrogens with zero attached hydrogens (tertiary/aromatic N) is 2. The topological polar surface area (TPSA) is 57.7 Å². The van der Waals surface area contributed by atoms with Gasteiger partial charge in [-0.2, -0.15) is 4.31 Å². The van der Waals surface area contributed by atoms with E-state index < -0.39 is 10.0 Å². The average molecular weight is 358 g/mol. The predicted molar refractivity (Wildman–Crippen MR) is 98.6 cm³/mol. The maximum atomic E-state index is 12.4. The maximum absolute atomic E-state index is 12.4. The van der Waals surface area contributed by atoms with E-state index in [-0.39, 0.29) is 5.91 Å². The van der Waals surface area contributed by atoms with Crippen molar-refractivity contribution < 1.29 is 13.2 Å². The van der Waals surface area contributed by atoms with E-state index in [1.54, 1.807) is 4.90 Å². The zero-order valence-electron chi connectivity index (χ0n) is 14.3. The minimum absolute atomic E-state index is 0.0422. The van der Waals surface area contributed by atoms with Crippen LogP contribution in [-0.4, -0.2) is 56.0 Å². The smallest absolute Gasteiger partial charge is 0.227 e. The molecular formula is C19H22N2O3S. The van der Waals surface area contributed by atoms with Crippen LogP contribution >= 0.6 is 0 Å². The molecule has 2 aromatic carbocycles. The summed E-state index contributed by atoms with van der Waals surface area (Å²) in [6.45, 7) is 1.65. The molecule has 25 heavy (non-hydrogen) atoms.